The monoisotopic (exact) mass is 315 g/mol. The van der Waals surface area contributed by atoms with Crippen molar-refractivity contribution in [1.29, 1.82) is 0 Å². The fraction of sp³-hybridized carbons (Fsp3) is 0.500. The Hall–Kier alpha value is -1.54. The molecule has 0 radical (unpaired) electrons. The third-order valence-corrected chi connectivity index (χ3v) is 4.12. The summed E-state index contributed by atoms with van der Waals surface area (Å²) in [5.41, 5.74) is -4.03. The van der Waals surface area contributed by atoms with Crippen LogP contribution in [-0.2, 0) is 15.5 Å². The van der Waals surface area contributed by atoms with Crippen LogP contribution in [-0.4, -0.2) is 24.3 Å². The maximum atomic E-state index is 13.2. The Bertz CT molecular complexity index is 595. The fourth-order valence-corrected chi connectivity index (χ4v) is 2.21. The molecule has 0 N–H and O–H groups in total. The summed E-state index contributed by atoms with van der Waals surface area (Å²) in [6.45, 7) is 6.67. The zero-order valence-electron chi connectivity index (χ0n) is 12.6. The summed E-state index contributed by atoms with van der Waals surface area (Å²) in [4.78, 5) is 11.2. The third kappa shape index (κ3) is 2.72. The largest absolute Gasteiger partial charge is 0.545 e. The van der Waals surface area contributed by atoms with Gasteiger partial charge >= 0.3 is 13.3 Å². The average Bonchev–Trinajstić information content (AvgIpc) is 2.56. The lowest BCUT2D eigenvalue weighted by Crippen LogP contribution is -2.44. The molecule has 2 rings (SSSR count). The highest BCUT2D eigenvalue weighted by molar-refractivity contribution is 6.64. The van der Waals surface area contributed by atoms with Crippen LogP contribution in [0.25, 0.3) is 0 Å². The SMILES string of the molecule is CC1(C)OB(c2c(C(=O)[O-])cccc2C(F)(F)F)OC1(C)C. The minimum Gasteiger partial charge on any atom is -0.545 e. The van der Waals surface area contributed by atoms with Gasteiger partial charge < -0.3 is 19.2 Å². The van der Waals surface area contributed by atoms with E-state index in [-0.39, 0.29) is 0 Å². The van der Waals surface area contributed by atoms with Gasteiger partial charge in [-0.05, 0) is 33.3 Å². The predicted octanol–water partition coefficient (Wildman–Crippen LogP) is 1.37. The summed E-state index contributed by atoms with van der Waals surface area (Å²) in [5, 5.41) is 11.2. The summed E-state index contributed by atoms with van der Waals surface area (Å²) < 4.78 is 50.7. The van der Waals surface area contributed by atoms with Crippen LogP contribution < -0.4 is 10.6 Å². The molecular formula is C14H15BF3O4-. The van der Waals surface area contributed by atoms with Gasteiger partial charge in [-0.15, -0.1) is 0 Å². The lowest BCUT2D eigenvalue weighted by molar-refractivity contribution is -0.254. The second-order valence-electron chi connectivity index (χ2n) is 6.14. The maximum absolute atomic E-state index is 13.2. The van der Waals surface area contributed by atoms with Gasteiger partial charge in [-0.3, -0.25) is 0 Å². The van der Waals surface area contributed by atoms with Gasteiger partial charge in [-0.25, -0.2) is 0 Å². The third-order valence-electron chi connectivity index (χ3n) is 4.12. The van der Waals surface area contributed by atoms with Crippen LogP contribution in [0.3, 0.4) is 0 Å². The molecule has 1 heterocycles. The number of aromatic carboxylic acids is 1. The van der Waals surface area contributed by atoms with E-state index in [0.29, 0.717) is 0 Å². The van der Waals surface area contributed by atoms with Gasteiger partial charge in [0.1, 0.15) is 0 Å². The Morgan fingerprint density at radius 3 is 2.05 bits per heavy atom. The normalized spacial score (nSPS) is 20.2. The summed E-state index contributed by atoms with van der Waals surface area (Å²) in [6, 6.07) is 2.86. The zero-order chi connectivity index (χ0) is 16.9. The number of halogens is 3. The molecule has 0 unspecified atom stereocenters. The molecule has 22 heavy (non-hydrogen) atoms. The minimum absolute atomic E-state index is 0.561. The van der Waals surface area contributed by atoms with Crippen molar-refractivity contribution < 1.29 is 32.4 Å². The van der Waals surface area contributed by atoms with Gasteiger partial charge in [-0.1, -0.05) is 18.2 Å². The van der Waals surface area contributed by atoms with Crippen LogP contribution in [0.15, 0.2) is 18.2 Å². The van der Waals surface area contributed by atoms with Crippen LogP contribution in [0.2, 0.25) is 0 Å². The van der Waals surface area contributed by atoms with E-state index in [1.807, 2.05) is 0 Å². The fourth-order valence-electron chi connectivity index (χ4n) is 2.21. The number of carboxylic acid groups (broad SMARTS) is 1. The van der Waals surface area contributed by atoms with Gasteiger partial charge in [-0.2, -0.15) is 13.2 Å². The van der Waals surface area contributed by atoms with Crippen molar-refractivity contribution in [3.8, 4) is 0 Å². The van der Waals surface area contributed by atoms with Crippen LogP contribution in [0, 0.1) is 0 Å². The zero-order valence-corrected chi connectivity index (χ0v) is 12.6. The second-order valence-corrected chi connectivity index (χ2v) is 6.14. The number of hydrogen-bond acceptors (Lipinski definition) is 4. The molecule has 0 bridgehead atoms. The molecule has 0 aromatic heterocycles. The van der Waals surface area contributed by atoms with Gasteiger partial charge in [0.2, 0.25) is 0 Å². The second kappa shape index (κ2) is 4.99. The first kappa shape index (κ1) is 16.8. The van der Waals surface area contributed by atoms with E-state index in [4.69, 9.17) is 9.31 Å². The molecule has 1 aromatic rings. The molecule has 1 fully saturated rings. The first-order chi connectivity index (χ1) is 9.87. The van der Waals surface area contributed by atoms with Gasteiger partial charge in [0, 0.05) is 5.46 Å². The Balaban J connectivity index is 2.62. The number of alkyl halides is 3. The van der Waals surface area contributed by atoms with Crippen molar-refractivity contribution in [2.45, 2.75) is 45.1 Å². The van der Waals surface area contributed by atoms with E-state index in [1.54, 1.807) is 27.7 Å². The molecular weight excluding hydrogens is 300 g/mol. The number of carbonyl (C=O) groups is 1. The van der Waals surface area contributed by atoms with Crippen LogP contribution in [0.5, 0.6) is 0 Å². The van der Waals surface area contributed by atoms with E-state index in [0.717, 1.165) is 18.2 Å². The molecule has 8 heteroatoms. The molecule has 1 aliphatic heterocycles. The van der Waals surface area contributed by atoms with Crippen molar-refractivity contribution >= 4 is 18.6 Å². The first-order valence-corrected chi connectivity index (χ1v) is 6.64. The highest BCUT2D eigenvalue weighted by Gasteiger charge is 2.54. The highest BCUT2D eigenvalue weighted by atomic mass is 19.4. The summed E-state index contributed by atoms with van der Waals surface area (Å²) >= 11 is 0. The quantitative estimate of drug-likeness (QED) is 0.774. The Kier molecular flexibility index (Phi) is 3.82. The smallest absolute Gasteiger partial charge is 0.496 e. The van der Waals surface area contributed by atoms with E-state index in [1.165, 1.54) is 0 Å². The van der Waals surface area contributed by atoms with E-state index >= 15 is 0 Å². The molecule has 120 valence electrons. The van der Waals surface area contributed by atoms with E-state index < -0.39 is 47.1 Å². The Labute approximate surface area is 126 Å². The number of rotatable bonds is 2. The van der Waals surface area contributed by atoms with E-state index in [9.17, 15) is 23.1 Å². The summed E-state index contributed by atoms with van der Waals surface area (Å²) in [7, 11) is -1.43. The van der Waals surface area contributed by atoms with Crippen molar-refractivity contribution in [2.75, 3.05) is 0 Å². The standard InChI is InChI=1S/C14H16BF3O4/c1-12(2)13(3,4)22-15(21-12)10-8(11(19)20)6-5-7-9(10)14(16,17)18/h5-7H,1-4H3,(H,19,20)/p-1. The van der Waals surface area contributed by atoms with Crippen LogP contribution in [0.1, 0.15) is 43.6 Å². The van der Waals surface area contributed by atoms with Crippen LogP contribution >= 0.6 is 0 Å². The molecule has 0 spiro atoms. The highest BCUT2D eigenvalue weighted by Crippen LogP contribution is 2.38. The number of hydrogen-bond donors (Lipinski definition) is 0. The topological polar surface area (TPSA) is 58.6 Å². The lowest BCUT2D eigenvalue weighted by Gasteiger charge is -2.32. The molecule has 0 aliphatic carbocycles. The van der Waals surface area contributed by atoms with Gasteiger partial charge in [0.15, 0.2) is 0 Å². The van der Waals surface area contributed by atoms with Gasteiger partial charge in [0.25, 0.3) is 0 Å². The van der Waals surface area contributed by atoms with Crippen molar-refractivity contribution in [2.24, 2.45) is 0 Å². The summed E-state index contributed by atoms with van der Waals surface area (Å²) in [5.74, 6) is -1.71. The van der Waals surface area contributed by atoms with Crippen LogP contribution in [0.4, 0.5) is 13.2 Å². The Morgan fingerprint density at radius 1 is 1.14 bits per heavy atom. The van der Waals surface area contributed by atoms with Crippen molar-refractivity contribution in [3.05, 3.63) is 29.3 Å². The van der Waals surface area contributed by atoms with Crippen molar-refractivity contribution in [1.82, 2.24) is 0 Å². The molecule has 0 saturated carbocycles. The minimum atomic E-state index is -4.73. The lowest BCUT2D eigenvalue weighted by atomic mass is 9.72. The molecule has 0 amide bonds. The predicted molar refractivity (Wildman–Crippen MR) is 71.5 cm³/mol. The number of carboxylic acids is 1. The maximum Gasteiger partial charge on any atom is 0.496 e. The van der Waals surface area contributed by atoms with Gasteiger partial charge in [0.05, 0.1) is 22.7 Å². The molecule has 1 aromatic carbocycles. The number of benzene rings is 1. The molecule has 0 atom stereocenters. The Morgan fingerprint density at radius 2 is 1.64 bits per heavy atom. The molecule has 1 aliphatic rings. The summed E-state index contributed by atoms with van der Waals surface area (Å²) in [6.07, 6.45) is -4.73. The average molecular weight is 315 g/mol. The number of carbonyl (C=O) groups excluding carboxylic acids is 1. The van der Waals surface area contributed by atoms with E-state index in [2.05, 4.69) is 0 Å². The molecule has 1 saturated heterocycles. The van der Waals surface area contributed by atoms with Crippen molar-refractivity contribution in [3.63, 3.8) is 0 Å². The molecule has 4 nitrogen and oxygen atoms in total. The first-order valence-electron chi connectivity index (χ1n) is 6.64.